The van der Waals surface area contributed by atoms with Gasteiger partial charge in [-0.05, 0) is 57.0 Å². The molecule has 0 saturated carbocycles. The zero-order valence-electron chi connectivity index (χ0n) is 15.7. The molecule has 2 aliphatic rings. The van der Waals surface area contributed by atoms with Gasteiger partial charge < -0.3 is 9.80 Å². The molecule has 0 aliphatic carbocycles. The number of rotatable bonds is 4. The first-order valence-corrected chi connectivity index (χ1v) is 11.1. The van der Waals surface area contributed by atoms with Gasteiger partial charge in [0.25, 0.3) is 0 Å². The Morgan fingerprint density at radius 2 is 1.63 bits per heavy atom. The summed E-state index contributed by atoms with van der Waals surface area (Å²) in [5, 5.41) is 0. The number of hydrogen-bond acceptors (Lipinski definition) is 4. The maximum atomic E-state index is 13.3. The Labute approximate surface area is 158 Å². The molecule has 0 N–H and O–H groups in total. The molecule has 0 atom stereocenters. The fraction of sp³-hybridized carbons (Fsp3) is 0.667. The number of benzene rings is 1. The second-order valence-corrected chi connectivity index (χ2v) is 9.44. The minimum atomic E-state index is -4.53. The Morgan fingerprint density at radius 3 is 2.15 bits per heavy atom. The van der Waals surface area contributed by atoms with Crippen LogP contribution >= 0.6 is 0 Å². The summed E-state index contributed by atoms with van der Waals surface area (Å²) in [6.07, 6.45) is 0.705. The molecule has 0 aromatic heterocycles. The number of piperidine rings is 1. The molecule has 1 aromatic rings. The zero-order chi connectivity index (χ0) is 19.8. The van der Waals surface area contributed by atoms with Crippen molar-refractivity contribution in [2.45, 2.75) is 37.9 Å². The fourth-order valence-corrected chi connectivity index (χ4v) is 4.40. The van der Waals surface area contributed by atoms with Gasteiger partial charge in [-0.1, -0.05) is 0 Å². The van der Waals surface area contributed by atoms with Crippen molar-refractivity contribution in [3.05, 3.63) is 23.8 Å². The second kappa shape index (κ2) is 7.50. The summed E-state index contributed by atoms with van der Waals surface area (Å²) < 4.78 is 64.5. The SMILES string of the molecule is CN(c1cc(N2CCC(N3CCCC3)CC2)cc(C(F)(F)F)c1)S(C)(=O)=O. The molecule has 1 aromatic carbocycles. The molecule has 0 unspecified atom stereocenters. The molecule has 0 spiro atoms. The maximum Gasteiger partial charge on any atom is 0.416 e. The Bertz CT molecular complexity index is 769. The number of sulfonamides is 1. The number of likely N-dealkylation sites (tertiary alicyclic amines) is 1. The topological polar surface area (TPSA) is 43.9 Å². The average molecular weight is 405 g/mol. The predicted octanol–water partition coefficient (Wildman–Crippen LogP) is 3.17. The van der Waals surface area contributed by atoms with Crippen LogP contribution in [0.4, 0.5) is 24.5 Å². The van der Waals surface area contributed by atoms with Crippen molar-refractivity contribution in [3.63, 3.8) is 0 Å². The van der Waals surface area contributed by atoms with Gasteiger partial charge in [-0.25, -0.2) is 8.42 Å². The third-order valence-corrected chi connectivity index (χ3v) is 6.78. The first-order valence-electron chi connectivity index (χ1n) is 9.21. The van der Waals surface area contributed by atoms with E-state index in [4.69, 9.17) is 0 Å². The third kappa shape index (κ3) is 4.68. The van der Waals surface area contributed by atoms with Gasteiger partial charge in [0.05, 0.1) is 17.5 Å². The maximum absolute atomic E-state index is 13.3. The van der Waals surface area contributed by atoms with Crippen molar-refractivity contribution >= 4 is 21.4 Å². The van der Waals surface area contributed by atoms with Gasteiger partial charge in [0.15, 0.2) is 0 Å². The summed E-state index contributed by atoms with van der Waals surface area (Å²) in [5.74, 6) is 0. The van der Waals surface area contributed by atoms with E-state index in [0.717, 1.165) is 48.6 Å². The van der Waals surface area contributed by atoms with Crippen molar-refractivity contribution in [1.29, 1.82) is 0 Å². The number of nitrogens with zero attached hydrogens (tertiary/aromatic N) is 3. The minimum Gasteiger partial charge on any atom is -0.371 e. The molecule has 3 rings (SSSR count). The summed E-state index contributed by atoms with van der Waals surface area (Å²) >= 11 is 0. The van der Waals surface area contributed by atoms with Crippen LogP contribution in [0.3, 0.4) is 0 Å². The molecule has 152 valence electrons. The smallest absolute Gasteiger partial charge is 0.371 e. The highest BCUT2D eigenvalue weighted by molar-refractivity contribution is 7.92. The van der Waals surface area contributed by atoms with Crippen LogP contribution in [0.15, 0.2) is 18.2 Å². The van der Waals surface area contributed by atoms with Crippen molar-refractivity contribution in [3.8, 4) is 0 Å². The first kappa shape index (κ1) is 20.3. The van der Waals surface area contributed by atoms with E-state index in [2.05, 4.69) is 4.90 Å². The fourth-order valence-electron chi connectivity index (χ4n) is 3.91. The Kier molecular flexibility index (Phi) is 5.63. The van der Waals surface area contributed by atoms with Crippen LogP contribution in [0.25, 0.3) is 0 Å². The molecule has 5 nitrogen and oxygen atoms in total. The zero-order valence-corrected chi connectivity index (χ0v) is 16.5. The lowest BCUT2D eigenvalue weighted by Gasteiger charge is -2.38. The summed E-state index contributed by atoms with van der Waals surface area (Å²) in [5.41, 5.74) is -0.369. The molecule has 0 radical (unpaired) electrons. The second-order valence-electron chi connectivity index (χ2n) is 7.43. The monoisotopic (exact) mass is 405 g/mol. The van der Waals surface area contributed by atoms with E-state index in [0.29, 0.717) is 24.8 Å². The van der Waals surface area contributed by atoms with E-state index in [1.165, 1.54) is 26.0 Å². The number of halogens is 3. The van der Waals surface area contributed by atoms with Gasteiger partial charge in [0.1, 0.15) is 0 Å². The molecule has 2 saturated heterocycles. The lowest BCUT2D eigenvalue weighted by molar-refractivity contribution is -0.137. The summed E-state index contributed by atoms with van der Waals surface area (Å²) in [6, 6.07) is 4.04. The number of hydrogen-bond donors (Lipinski definition) is 0. The lowest BCUT2D eigenvalue weighted by Crippen LogP contribution is -2.44. The Balaban J connectivity index is 1.84. The van der Waals surface area contributed by atoms with E-state index < -0.39 is 21.8 Å². The largest absolute Gasteiger partial charge is 0.416 e. The van der Waals surface area contributed by atoms with Crippen molar-refractivity contribution < 1.29 is 21.6 Å². The van der Waals surface area contributed by atoms with E-state index in [-0.39, 0.29) is 5.69 Å². The quantitative estimate of drug-likeness (QED) is 0.772. The molecule has 2 fully saturated rings. The molecule has 9 heteroatoms. The minimum absolute atomic E-state index is 0.0315. The van der Waals surface area contributed by atoms with Crippen LogP contribution in [0.5, 0.6) is 0 Å². The highest BCUT2D eigenvalue weighted by atomic mass is 32.2. The van der Waals surface area contributed by atoms with Crippen LogP contribution in [0, 0.1) is 0 Å². The van der Waals surface area contributed by atoms with Gasteiger partial charge in [-0.2, -0.15) is 13.2 Å². The Hall–Kier alpha value is -1.48. The molecule has 0 bridgehead atoms. The molecule has 0 amide bonds. The van der Waals surface area contributed by atoms with E-state index in [1.807, 2.05) is 4.90 Å². The molecule has 2 aliphatic heterocycles. The van der Waals surface area contributed by atoms with Crippen LogP contribution < -0.4 is 9.21 Å². The number of anilines is 2. The highest BCUT2D eigenvalue weighted by Crippen LogP contribution is 2.36. The normalized spacial score (nSPS) is 20.3. The molecule has 2 heterocycles. The third-order valence-electron chi connectivity index (χ3n) is 5.58. The lowest BCUT2D eigenvalue weighted by atomic mass is 10.0. The summed E-state index contributed by atoms with van der Waals surface area (Å²) in [7, 11) is -2.37. The van der Waals surface area contributed by atoms with Crippen LogP contribution in [0.1, 0.15) is 31.2 Å². The van der Waals surface area contributed by atoms with Gasteiger partial charge in [-0.15, -0.1) is 0 Å². The summed E-state index contributed by atoms with van der Waals surface area (Å²) in [6.45, 7) is 3.56. The van der Waals surface area contributed by atoms with Crippen LogP contribution in [-0.4, -0.2) is 58.8 Å². The Morgan fingerprint density at radius 1 is 1.04 bits per heavy atom. The number of alkyl halides is 3. The van der Waals surface area contributed by atoms with Gasteiger partial charge >= 0.3 is 6.18 Å². The van der Waals surface area contributed by atoms with E-state index >= 15 is 0 Å². The first-order chi connectivity index (χ1) is 12.6. The van der Waals surface area contributed by atoms with Crippen LogP contribution in [0.2, 0.25) is 0 Å². The van der Waals surface area contributed by atoms with Crippen LogP contribution in [-0.2, 0) is 16.2 Å². The summed E-state index contributed by atoms with van der Waals surface area (Å²) in [4.78, 5) is 4.41. The molecular weight excluding hydrogens is 379 g/mol. The predicted molar refractivity (Wildman–Crippen MR) is 101 cm³/mol. The molecular formula is C18H26F3N3O2S. The molecule has 27 heavy (non-hydrogen) atoms. The van der Waals surface area contributed by atoms with Crippen molar-refractivity contribution in [2.75, 3.05) is 48.7 Å². The van der Waals surface area contributed by atoms with E-state index in [9.17, 15) is 21.6 Å². The highest BCUT2D eigenvalue weighted by Gasteiger charge is 2.33. The standard InChI is InChI=1S/C18H26F3N3O2S/c1-22(27(2,25)26)16-11-14(18(19,20)21)12-17(13-16)24-9-5-15(6-10-24)23-7-3-4-8-23/h11-13,15H,3-10H2,1-2H3. The van der Waals surface area contributed by atoms with Gasteiger partial charge in [0.2, 0.25) is 10.0 Å². The van der Waals surface area contributed by atoms with E-state index in [1.54, 1.807) is 0 Å². The van der Waals surface area contributed by atoms with Gasteiger partial charge in [0, 0.05) is 31.9 Å². The average Bonchev–Trinajstić information content (AvgIpc) is 3.14. The van der Waals surface area contributed by atoms with Crippen molar-refractivity contribution in [1.82, 2.24) is 4.90 Å². The van der Waals surface area contributed by atoms with Crippen molar-refractivity contribution in [2.24, 2.45) is 0 Å². The van der Waals surface area contributed by atoms with Gasteiger partial charge in [-0.3, -0.25) is 4.31 Å².